The van der Waals surface area contributed by atoms with E-state index in [-0.39, 0.29) is 17.6 Å². The summed E-state index contributed by atoms with van der Waals surface area (Å²) in [6, 6.07) is 7.32. The highest BCUT2D eigenvalue weighted by atomic mass is 16.3. The number of rotatable bonds is 4. The first-order valence-electron chi connectivity index (χ1n) is 6.75. The summed E-state index contributed by atoms with van der Waals surface area (Å²) in [5, 5.41) is 18.8. The molecule has 0 saturated carbocycles. The van der Waals surface area contributed by atoms with Crippen LogP contribution in [0.2, 0.25) is 0 Å². The number of β-amino-alcohol motifs (C(OH)–C–C–N with tert-alkyl or cyclic N) is 1. The molecule has 5 nitrogen and oxygen atoms in total. The van der Waals surface area contributed by atoms with Gasteiger partial charge in [0.05, 0.1) is 24.2 Å². The molecule has 5 heteroatoms. The van der Waals surface area contributed by atoms with E-state index in [4.69, 9.17) is 0 Å². The molecule has 2 N–H and O–H groups in total. The molecule has 0 fully saturated rings. The predicted molar refractivity (Wildman–Crippen MR) is 79.8 cm³/mol. The Morgan fingerprint density at radius 2 is 2.05 bits per heavy atom. The highest BCUT2D eigenvalue weighted by Gasteiger charge is 2.14. The number of aliphatic hydroxyl groups is 1. The first kappa shape index (κ1) is 14.7. The monoisotopic (exact) mass is 275 g/mol. The van der Waals surface area contributed by atoms with Crippen LogP contribution in [-0.2, 0) is 6.54 Å². The van der Waals surface area contributed by atoms with E-state index in [1.54, 1.807) is 12.3 Å². The Hall–Kier alpha value is -1.72. The lowest BCUT2D eigenvalue weighted by molar-refractivity contribution is 0.136. The summed E-state index contributed by atoms with van der Waals surface area (Å²) >= 11 is 0. The summed E-state index contributed by atoms with van der Waals surface area (Å²) in [6.45, 7) is 6.69. The van der Waals surface area contributed by atoms with E-state index < -0.39 is 6.10 Å². The van der Waals surface area contributed by atoms with E-state index in [0.717, 1.165) is 5.39 Å². The van der Waals surface area contributed by atoms with Gasteiger partial charge in [-0.25, -0.2) is 4.68 Å². The van der Waals surface area contributed by atoms with E-state index in [2.05, 4.69) is 10.4 Å². The zero-order valence-electron chi connectivity index (χ0n) is 12.1. The molecule has 0 aliphatic carbocycles. The number of fused-ring (bicyclic) bond motifs is 1. The van der Waals surface area contributed by atoms with Crippen LogP contribution in [0, 0.1) is 0 Å². The molecule has 2 aromatic rings. The van der Waals surface area contributed by atoms with Crippen molar-refractivity contribution in [1.29, 1.82) is 0 Å². The van der Waals surface area contributed by atoms with Crippen LogP contribution in [-0.4, -0.2) is 33.1 Å². The van der Waals surface area contributed by atoms with Gasteiger partial charge in [0.15, 0.2) is 0 Å². The zero-order chi connectivity index (χ0) is 14.8. The smallest absolute Gasteiger partial charge is 0.274 e. The Morgan fingerprint density at radius 3 is 2.75 bits per heavy atom. The molecule has 0 amide bonds. The highest BCUT2D eigenvalue weighted by Crippen LogP contribution is 2.06. The number of nitrogens with one attached hydrogen (secondary N) is 1. The van der Waals surface area contributed by atoms with Crippen LogP contribution in [0.5, 0.6) is 0 Å². The van der Waals surface area contributed by atoms with Crippen molar-refractivity contribution in [3.63, 3.8) is 0 Å². The Bertz CT molecular complexity index is 643. The van der Waals surface area contributed by atoms with Crippen LogP contribution in [0.15, 0.2) is 35.3 Å². The molecule has 2 rings (SSSR count). The summed E-state index contributed by atoms with van der Waals surface area (Å²) in [5.41, 5.74) is -0.235. The van der Waals surface area contributed by atoms with E-state index in [9.17, 15) is 9.90 Å². The van der Waals surface area contributed by atoms with Crippen molar-refractivity contribution >= 4 is 10.8 Å². The molecular formula is C15H21N3O2. The molecule has 0 aliphatic rings. The number of hydrogen-bond acceptors (Lipinski definition) is 4. The second-order valence-corrected chi connectivity index (χ2v) is 6.00. The molecule has 0 radical (unpaired) electrons. The van der Waals surface area contributed by atoms with Gasteiger partial charge >= 0.3 is 0 Å². The van der Waals surface area contributed by atoms with Crippen molar-refractivity contribution in [2.24, 2.45) is 0 Å². The van der Waals surface area contributed by atoms with Gasteiger partial charge < -0.3 is 10.4 Å². The zero-order valence-corrected chi connectivity index (χ0v) is 12.1. The fourth-order valence-electron chi connectivity index (χ4n) is 1.95. The molecule has 1 aromatic carbocycles. The van der Waals surface area contributed by atoms with E-state index in [0.29, 0.717) is 11.9 Å². The molecule has 1 atom stereocenters. The van der Waals surface area contributed by atoms with Gasteiger partial charge in [-0.2, -0.15) is 5.10 Å². The van der Waals surface area contributed by atoms with Crippen molar-refractivity contribution in [2.75, 3.05) is 6.54 Å². The average Bonchev–Trinajstić information content (AvgIpc) is 2.39. The molecular weight excluding hydrogens is 254 g/mol. The number of aromatic nitrogens is 2. The van der Waals surface area contributed by atoms with E-state index >= 15 is 0 Å². The lowest BCUT2D eigenvalue weighted by Crippen LogP contribution is -2.43. The molecule has 0 spiro atoms. The highest BCUT2D eigenvalue weighted by molar-refractivity contribution is 5.80. The summed E-state index contributed by atoms with van der Waals surface area (Å²) in [5.74, 6) is 0. The van der Waals surface area contributed by atoms with Gasteiger partial charge in [0, 0.05) is 17.5 Å². The predicted octanol–water partition coefficient (Wildman–Crippen LogP) is 1.15. The summed E-state index contributed by atoms with van der Waals surface area (Å²) < 4.78 is 1.32. The van der Waals surface area contributed by atoms with Crippen LogP contribution in [0.3, 0.4) is 0 Å². The molecule has 0 bridgehead atoms. The van der Waals surface area contributed by atoms with Crippen LogP contribution in [0.25, 0.3) is 10.8 Å². The van der Waals surface area contributed by atoms with Gasteiger partial charge in [-0.05, 0) is 26.8 Å². The van der Waals surface area contributed by atoms with Crippen LogP contribution in [0.4, 0.5) is 0 Å². The van der Waals surface area contributed by atoms with Crippen LogP contribution >= 0.6 is 0 Å². The molecule has 0 saturated heterocycles. The number of hydrogen-bond donors (Lipinski definition) is 2. The third kappa shape index (κ3) is 3.65. The standard InChI is InChI=1S/C15H21N3O2/c1-15(2,3)16-9-12(19)10-18-14(20)13-7-5-4-6-11(13)8-17-18/h4-8,12,16,19H,9-10H2,1-3H3. The summed E-state index contributed by atoms with van der Waals surface area (Å²) in [4.78, 5) is 12.2. The fourth-order valence-corrected chi connectivity index (χ4v) is 1.95. The van der Waals surface area contributed by atoms with E-state index in [1.807, 2.05) is 39.0 Å². The van der Waals surface area contributed by atoms with Gasteiger partial charge in [0.2, 0.25) is 0 Å². The molecule has 1 aromatic heterocycles. The van der Waals surface area contributed by atoms with Crippen molar-refractivity contribution in [1.82, 2.24) is 15.1 Å². The third-order valence-corrected chi connectivity index (χ3v) is 3.01. The Kier molecular flexibility index (Phi) is 4.20. The van der Waals surface area contributed by atoms with Crippen LogP contribution in [0.1, 0.15) is 20.8 Å². The first-order valence-corrected chi connectivity index (χ1v) is 6.75. The van der Waals surface area contributed by atoms with Crippen molar-refractivity contribution < 1.29 is 5.11 Å². The largest absolute Gasteiger partial charge is 0.390 e. The molecule has 20 heavy (non-hydrogen) atoms. The second-order valence-electron chi connectivity index (χ2n) is 6.00. The summed E-state index contributed by atoms with van der Waals surface area (Å²) in [6.07, 6.45) is 1.00. The number of aliphatic hydroxyl groups excluding tert-OH is 1. The molecule has 1 heterocycles. The first-order chi connectivity index (χ1) is 9.37. The maximum absolute atomic E-state index is 12.2. The average molecular weight is 275 g/mol. The second kappa shape index (κ2) is 5.73. The molecule has 0 aliphatic heterocycles. The van der Waals surface area contributed by atoms with Crippen molar-refractivity contribution in [3.8, 4) is 0 Å². The minimum Gasteiger partial charge on any atom is -0.390 e. The SMILES string of the molecule is CC(C)(C)NCC(O)Cn1ncc2ccccc2c1=O. The Labute approximate surface area is 118 Å². The topological polar surface area (TPSA) is 67.2 Å². The van der Waals surface area contributed by atoms with Crippen molar-refractivity contribution in [3.05, 3.63) is 40.8 Å². The van der Waals surface area contributed by atoms with Gasteiger partial charge in [-0.1, -0.05) is 18.2 Å². The number of benzene rings is 1. The minimum atomic E-state index is -0.652. The molecule has 108 valence electrons. The fraction of sp³-hybridized carbons (Fsp3) is 0.467. The lowest BCUT2D eigenvalue weighted by atomic mass is 10.1. The van der Waals surface area contributed by atoms with Crippen molar-refractivity contribution in [2.45, 2.75) is 39.0 Å². The lowest BCUT2D eigenvalue weighted by Gasteiger charge is -2.23. The third-order valence-electron chi connectivity index (χ3n) is 3.01. The normalized spacial score (nSPS) is 13.6. The molecule has 1 unspecified atom stereocenters. The van der Waals surface area contributed by atoms with Gasteiger partial charge in [-0.3, -0.25) is 4.79 Å². The van der Waals surface area contributed by atoms with Gasteiger partial charge in [0.1, 0.15) is 0 Å². The quantitative estimate of drug-likeness (QED) is 0.878. The van der Waals surface area contributed by atoms with Crippen LogP contribution < -0.4 is 10.9 Å². The Balaban J connectivity index is 2.14. The maximum Gasteiger partial charge on any atom is 0.274 e. The number of nitrogens with zero attached hydrogens (tertiary/aromatic N) is 2. The van der Waals surface area contributed by atoms with E-state index in [1.165, 1.54) is 4.68 Å². The van der Waals surface area contributed by atoms with Gasteiger partial charge in [-0.15, -0.1) is 0 Å². The Morgan fingerprint density at radius 1 is 1.35 bits per heavy atom. The van der Waals surface area contributed by atoms with Gasteiger partial charge in [0.25, 0.3) is 5.56 Å². The minimum absolute atomic E-state index is 0.0667. The maximum atomic E-state index is 12.2. The summed E-state index contributed by atoms with van der Waals surface area (Å²) in [7, 11) is 0.